The van der Waals surface area contributed by atoms with Crippen molar-refractivity contribution < 1.29 is 9.84 Å². The van der Waals surface area contributed by atoms with Crippen molar-refractivity contribution in [2.24, 2.45) is 0 Å². The van der Waals surface area contributed by atoms with Gasteiger partial charge in [0, 0.05) is 17.1 Å². The number of benzene rings is 1. The minimum Gasteiger partial charge on any atom is -0.389 e. The second-order valence-electron chi connectivity index (χ2n) is 5.93. The molecule has 1 fully saturated rings. The monoisotopic (exact) mass is 355 g/mol. The molecule has 118 valence electrons. The number of rotatable bonds is 7. The quantitative estimate of drug-likeness (QED) is 0.781. The van der Waals surface area contributed by atoms with Gasteiger partial charge >= 0.3 is 0 Å². The Hall–Kier alpha value is -0.420. The summed E-state index contributed by atoms with van der Waals surface area (Å²) < 4.78 is 6.88. The van der Waals surface area contributed by atoms with Crippen LogP contribution in [0, 0.1) is 0 Å². The highest BCUT2D eigenvalue weighted by Gasteiger charge is 2.16. The maximum absolute atomic E-state index is 10.0. The van der Waals surface area contributed by atoms with Crippen molar-refractivity contribution in [2.45, 2.75) is 57.3 Å². The van der Waals surface area contributed by atoms with Crippen molar-refractivity contribution in [3.63, 3.8) is 0 Å². The van der Waals surface area contributed by atoms with Crippen LogP contribution in [0.2, 0.25) is 0 Å². The zero-order chi connectivity index (χ0) is 15.1. The third-order valence-corrected chi connectivity index (χ3v) is 4.58. The van der Waals surface area contributed by atoms with Crippen molar-refractivity contribution in [3.05, 3.63) is 34.3 Å². The fraction of sp³-hybridized carbons (Fsp3) is 0.647. The second-order valence-corrected chi connectivity index (χ2v) is 6.85. The standard InChI is InChI=1S/C17H26BrNO2/c1-13(14-6-5-7-15(18)10-14)19-11-16(20)12-21-17-8-3-2-4-9-17/h5-7,10,13,16-17,19-20H,2-4,8-9,11-12H2,1H3/t13-,16?/m0/s1. The smallest absolute Gasteiger partial charge is 0.0898 e. The number of hydrogen-bond acceptors (Lipinski definition) is 3. The average molecular weight is 356 g/mol. The highest BCUT2D eigenvalue weighted by Crippen LogP contribution is 2.20. The first kappa shape index (κ1) is 16.9. The summed E-state index contributed by atoms with van der Waals surface area (Å²) in [4.78, 5) is 0. The van der Waals surface area contributed by atoms with Crippen LogP contribution in [0.25, 0.3) is 0 Å². The van der Waals surface area contributed by atoms with E-state index in [-0.39, 0.29) is 6.04 Å². The second kappa shape index (κ2) is 8.89. The fourth-order valence-electron chi connectivity index (χ4n) is 2.74. The molecule has 0 saturated heterocycles. The molecule has 1 aliphatic carbocycles. The summed E-state index contributed by atoms with van der Waals surface area (Å²) >= 11 is 3.48. The first-order valence-electron chi connectivity index (χ1n) is 7.93. The molecule has 0 radical (unpaired) electrons. The molecule has 0 spiro atoms. The van der Waals surface area contributed by atoms with Crippen LogP contribution in [-0.2, 0) is 4.74 Å². The number of aliphatic hydroxyl groups excluding tert-OH is 1. The number of nitrogens with one attached hydrogen (secondary N) is 1. The summed E-state index contributed by atoms with van der Waals surface area (Å²) in [6.07, 6.45) is 6.06. The van der Waals surface area contributed by atoms with E-state index in [9.17, 15) is 5.11 Å². The average Bonchev–Trinajstić information content (AvgIpc) is 2.51. The predicted molar refractivity (Wildman–Crippen MR) is 89.4 cm³/mol. The summed E-state index contributed by atoms with van der Waals surface area (Å²) in [6, 6.07) is 8.45. The largest absolute Gasteiger partial charge is 0.389 e. The van der Waals surface area contributed by atoms with Crippen LogP contribution in [0.15, 0.2) is 28.7 Å². The van der Waals surface area contributed by atoms with Crippen LogP contribution < -0.4 is 5.32 Å². The van der Waals surface area contributed by atoms with E-state index in [1.807, 2.05) is 12.1 Å². The van der Waals surface area contributed by atoms with Crippen LogP contribution in [0.4, 0.5) is 0 Å². The SMILES string of the molecule is C[C@H](NCC(O)COC1CCCCC1)c1cccc(Br)c1. The maximum Gasteiger partial charge on any atom is 0.0898 e. The van der Waals surface area contributed by atoms with Crippen molar-refractivity contribution >= 4 is 15.9 Å². The van der Waals surface area contributed by atoms with E-state index >= 15 is 0 Å². The molecular weight excluding hydrogens is 330 g/mol. The van der Waals surface area contributed by atoms with E-state index in [0.717, 1.165) is 17.3 Å². The molecule has 4 heteroatoms. The third-order valence-electron chi connectivity index (χ3n) is 4.08. The Morgan fingerprint density at radius 2 is 2.10 bits per heavy atom. The van der Waals surface area contributed by atoms with Gasteiger partial charge in [0.25, 0.3) is 0 Å². The molecule has 0 aliphatic heterocycles. The van der Waals surface area contributed by atoms with Crippen LogP contribution in [0.5, 0.6) is 0 Å². The molecule has 21 heavy (non-hydrogen) atoms. The lowest BCUT2D eigenvalue weighted by Crippen LogP contribution is -2.33. The zero-order valence-corrected chi connectivity index (χ0v) is 14.3. The Bertz CT molecular complexity index is 421. The summed E-state index contributed by atoms with van der Waals surface area (Å²) in [5.74, 6) is 0. The van der Waals surface area contributed by atoms with Gasteiger partial charge in [-0.25, -0.2) is 0 Å². The van der Waals surface area contributed by atoms with Gasteiger partial charge in [-0.3, -0.25) is 0 Å². The van der Waals surface area contributed by atoms with Crippen molar-refractivity contribution in [1.82, 2.24) is 5.32 Å². The Morgan fingerprint density at radius 1 is 1.33 bits per heavy atom. The highest BCUT2D eigenvalue weighted by molar-refractivity contribution is 9.10. The lowest BCUT2D eigenvalue weighted by Gasteiger charge is -2.24. The molecule has 2 rings (SSSR count). The minimum atomic E-state index is -0.443. The van der Waals surface area contributed by atoms with E-state index in [4.69, 9.17) is 4.74 Å². The summed E-state index contributed by atoms with van der Waals surface area (Å²) in [5, 5.41) is 13.4. The van der Waals surface area contributed by atoms with Gasteiger partial charge in [0.15, 0.2) is 0 Å². The molecule has 2 atom stereocenters. The predicted octanol–water partition coefficient (Wildman–Crippen LogP) is 3.81. The van der Waals surface area contributed by atoms with Crippen LogP contribution in [0.3, 0.4) is 0 Å². The van der Waals surface area contributed by atoms with Crippen LogP contribution >= 0.6 is 15.9 Å². The molecule has 2 N–H and O–H groups in total. The number of aliphatic hydroxyl groups is 1. The number of halogens is 1. The molecule has 0 aromatic heterocycles. The van der Waals surface area contributed by atoms with Gasteiger partial charge in [-0.1, -0.05) is 47.3 Å². The lowest BCUT2D eigenvalue weighted by molar-refractivity contribution is -0.0235. The normalized spacial score (nSPS) is 19.4. The minimum absolute atomic E-state index is 0.215. The number of ether oxygens (including phenoxy) is 1. The Balaban J connectivity index is 1.67. The molecule has 1 aromatic rings. The third kappa shape index (κ3) is 6.07. The van der Waals surface area contributed by atoms with Gasteiger partial charge in [0.1, 0.15) is 0 Å². The molecular formula is C17H26BrNO2. The van der Waals surface area contributed by atoms with Crippen LogP contribution in [0.1, 0.15) is 50.6 Å². The molecule has 1 saturated carbocycles. The fourth-order valence-corrected chi connectivity index (χ4v) is 3.16. The molecule has 0 heterocycles. The van der Waals surface area contributed by atoms with Gasteiger partial charge in [-0.2, -0.15) is 0 Å². The Kier molecular flexibility index (Phi) is 7.17. The molecule has 1 unspecified atom stereocenters. The first-order chi connectivity index (χ1) is 10.1. The Morgan fingerprint density at radius 3 is 2.81 bits per heavy atom. The molecule has 1 aromatic carbocycles. The van der Waals surface area contributed by atoms with Gasteiger partial charge < -0.3 is 15.2 Å². The van der Waals surface area contributed by atoms with Crippen LogP contribution in [-0.4, -0.2) is 30.5 Å². The van der Waals surface area contributed by atoms with E-state index < -0.39 is 6.10 Å². The Labute approximate surface area is 136 Å². The van der Waals surface area contributed by atoms with Gasteiger partial charge in [-0.05, 0) is 37.5 Å². The van der Waals surface area contributed by atoms with Crippen molar-refractivity contribution in [2.75, 3.05) is 13.2 Å². The molecule has 0 bridgehead atoms. The van der Waals surface area contributed by atoms with Gasteiger partial charge in [0.05, 0.1) is 18.8 Å². The molecule has 1 aliphatic rings. The van der Waals surface area contributed by atoms with E-state index in [2.05, 4.69) is 40.3 Å². The summed E-state index contributed by atoms with van der Waals surface area (Å²) in [7, 11) is 0. The lowest BCUT2D eigenvalue weighted by atomic mass is 9.98. The van der Waals surface area contributed by atoms with Crippen molar-refractivity contribution in [1.29, 1.82) is 0 Å². The van der Waals surface area contributed by atoms with Crippen molar-refractivity contribution in [3.8, 4) is 0 Å². The number of hydrogen-bond donors (Lipinski definition) is 2. The summed E-state index contributed by atoms with van der Waals surface area (Å²) in [6.45, 7) is 3.10. The highest BCUT2D eigenvalue weighted by atomic mass is 79.9. The van der Waals surface area contributed by atoms with Gasteiger partial charge in [-0.15, -0.1) is 0 Å². The van der Waals surface area contributed by atoms with Gasteiger partial charge in [0.2, 0.25) is 0 Å². The first-order valence-corrected chi connectivity index (χ1v) is 8.73. The topological polar surface area (TPSA) is 41.5 Å². The molecule has 0 amide bonds. The molecule has 3 nitrogen and oxygen atoms in total. The van der Waals surface area contributed by atoms with E-state index in [1.54, 1.807) is 0 Å². The maximum atomic E-state index is 10.0. The van der Waals surface area contributed by atoms with E-state index in [0.29, 0.717) is 19.3 Å². The van der Waals surface area contributed by atoms with E-state index in [1.165, 1.54) is 24.8 Å². The zero-order valence-electron chi connectivity index (χ0n) is 12.7. The summed E-state index contributed by atoms with van der Waals surface area (Å²) in [5.41, 5.74) is 1.21.